The fourth-order valence-electron chi connectivity index (χ4n) is 2.78. The Labute approximate surface area is 159 Å². The Morgan fingerprint density at radius 1 is 0.815 bits per heavy atom. The van der Waals surface area contributed by atoms with Gasteiger partial charge >= 0.3 is 0 Å². The van der Waals surface area contributed by atoms with E-state index in [9.17, 15) is 4.79 Å². The van der Waals surface area contributed by atoms with Crippen LogP contribution in [0.2, 0.25) is 0 Å². The van der Waals surface area contributed by atoms with Crippen molar-refractivity contribution in [1.29, 1.82) is 0 Å². The van der Waals surface area contributed by atoms with Crippen LogP contribution in [0.25, 0.3) is 0 Å². The van der Waals surface area contributed by atoms with E-state index in [-0.39, 0.29) is 5.91 Å². The van der Waals surface area contributed by atoms with Gasteiger partial charge in [0.15, 0.2) is 0 Å². The summed E-state index contributed by atoms with van der Waals surface area (Å²) in [6.45, 7) is 7.49. The van der Waals surface area contributed by atoms with Gasteiger partial charge in [-0.05, 0) is 56.7 Å². The zero-order valence-electron chi connectivity index (χ0n) is 15.9. The van der Waals surface area contributed by atoms with Crippen LogP contribution in [0.1, 0.15) is 23.9 Å². The van der Waals surface area contributed by atoms with E-state index in [0.717, 1.165) is 28.4 Å². The molecular formula is C21H23N5O. The van der Waals surface area contributed by atoms with Gasteiger partial charge in [0.05, 0.1) is 0 Å². The molecule has 3 aromatic rings. The lowest BCUT2D eigenvalue weighted by Crippen LogP contribution is -2.05. The second-order valence-corrected chi connectivity index (χ2v) is 6.51. The van der Waals surface area contributed by atoms with Gasteiger partial charge in [-0.1, -0.05) is 17.7 Å². The van der Waals surface area contributed by atoms with Crippen molar-refractivity contribution >= 4 is 34.6 Å². The van der Waals surface area contributed by atoms with Gasteiger partial charge in [0.1, 0.15) is 17.5 Å². The Kier molecular flexibility index (Phi) is 5.35. The summed E-state index contributed by atoms with van der Waals surface area (Å²) in [6, 6.07) is 15.6. The van der Waals surface area contributed by atoms with Crippen molar-refractivity contribution < 1.29 is 4.79 Å². The summed E-state index contributed by atoms with van der Waals surface area (Å²) in [5.74, 6) is 2.00. The predicted molar refractivity (Wildman–Crippen MR) is 110 cm³/mol. The van der Waals surface area contributed by atoms with Crippen molar-refractivity contribution in [2.75, 3.05) is 16.0 Å². The van der Waals surface area contributed by atoms with Crippen LogP contribution in [0.4, 0.5) is 28.7 Å². The number of rotatable bonds is 5. The first-order valence-electron chi connectivity index (χ1n) is 8.74. The van der Waals surface area contributed by atoms with Gasteiger partial charge < -0.3 is 16.0 Å². The summed E-state index contributed by atoms with van der Waals surface area (Å²) in [4.78, 5) is 20.0. The smallest absolute Gasteiger partial charge is 0.221 e. The van der Waals surface area contributed by atoms with E-state index in [2.05, 4.69) is 58.0 Å². The third-order valence-electron chi connectivity index (χ3n) is 3.96. The SMILES string of the molecule is CC(=O)Nc1ccc(Nc2cc(Nc3ccc(C)cc3C)nc(C)n2)cc1. The molecule has 1 aromatic heterocycles. The number of carbonyl (C=O) groups is 1. The summed E-state index contributed by atoms with van der Waals surface area (Å²) in [7, 11) is 0. The summed E-state index contributed by atoms with van der Waals surface area (Å²) in [5.41, 5.74) is 5.03. The molecule has 0 fully saturated rings. The number of hydrogen-bond acceptors (Lipinski definition) is 5. The van der Waals surface area contributed by atoms with Gasteiger partial charge in [-0.25, -0.2) is 9.97 Å². The Bertz CT molecular complexity index is 967. The largest absolute Gasteiger partial charge is 0.340 e. The summed E-state index contributed by atoms with van der Waals surface area (Å²) >= 11 is 0. The van der Waals surface area contributed by atoms with Crippen LogP contribution >= 0.6 is 0 Å². The molecule has 6 heteroatoms. The van der Waals surface area contributed by atoms with Gasteiger partial charge in [0, 0.05) is 30.1 Å². The van der Waals surface area contributed by atoms with E-state index in [1.54, 1.807) is 0 Å². The zero-order valence-corrected chi connectivity index (χ0v) is 15.9. The average molecular weight is 361 g/mol. The molecule has 1 heterocycles. The van der Waals surface area contributed by atoms with E-state index in [4.69, 9.17) is 0 Å². The first-order chi connectivity index (χ1) is 12.9. The van der Waals surface area contributed by atoms with Crippen LogP contribution in [0.5, 0.6) is 0 Å². The molecule has 0 aliphatic rings. The molecule has 0 saturated carbocycles. The lowest BCUT2D eigenvalue weighted by molar-refractivity contribution is -0.114. The first-order valence-corrected chi connectivity index (χ1v) is 8.74. The number of benzene rings is 2. The lowest BCUT2D eigenvalue weighted by Gasteiger charge is -2.12. The van der Waals surface area contributed by atoms with E-state index < -0.39 is 0 Å². The minimum atomic E-state index is -0.0933. The van der Waals surface area contributed by atoms with Gasteiger partial charge in [-0.3, -0.25) is 4.79 Å². The summed E-state index contributed by atoms with van der Waals surface area (Å²) in [5, 5.41) is 9.38. The van der Waals surface area contributed by atoms with Crippen LogP contribution in [0, 0.1) is 20.8 Å². The highest BCUT2D eigenvalue weighted by Gasteiger charge is 2.05. The van der Waals surface area contributed by atoms with E-state index in [0.29, 0.717) is 11.6 Å². The van der Waals surface area contributed by atoms with E-state index in [1.807, 2.05) is 37.3 Å². The highest BCUT2D eigenvalue weighted by molar-refractivity contribution is 5.88. The molecule has 138 valence electrons. The number of hydrogen-bond donors (Lipinski definition) is 3. The number of nitrogens with zero attached hydrogens (tertiary/aromatic N) is 2. The molecule has 27 heavy (non-hydrogen) atoms. The number of nitrogens with one attached hydrogen (secondary N) is 3. The van der Waals surface area contributed by atoms with Crippen molar-refractivity contribution in [3.05, 3.63) is 65.5 Å². The van der Waals surface area contributed by atoms with Crippen LogP contribution in [-0.2, 0) is 4.79 Å². The van der Waals surface area contributed by atoms with Crippen molar-refractivity contribution in [1.82, 2.24) is 9.97 Å². The third-order valence-corrected chi connectivity index (χ3v) is 3.96. The Hall–Kier alpha value is -3.41. The van der Waals surface area contributed by atoms with Crippen LogP contribution in [0.15, 0.2) is 48.5 Å². The maximum absolute atomic E-state index is 11.1. The molecule has 0 aliphatic carbocycles. The molecule has 0 saturated heterocycles. The third kappa shape index (κ3) is 5.04. The quantitative estimate of drug-likeness (QED) is 0.605. The predicted octanol–water partition coefficient (Wildman–Crippen LogP) is 4.85. The standard InChI is InChI=1S/C21H23N5O/c1-13-5-10-19(14(2)11-13)26-21-12-20(22-15(3)23-21)25-18-8-6-17(7-9-18)24-16(4)27/h5-12H,1-4H3,(H,24,27)(H2,22,23,25,26). The van der Waals surface area contributed by atoms with Crippen molar-refractivity contribution in [3.63, 3.8) is 0 Å². The number of aryl methyl sites for hydroxylation is 3. The monoisotopic (exact) mass is 361 g/mol. The van der Waals surface area contributed by atoms with E-state index in [1.165, 1.54) is 12.5 Å². The summed E-state index contributed by atoms with van der Waals surface area (Å²) < 4.78 is 0. The highest BCUT2D eigenvalue weighted by atomic mass is 16.1. The molecule has 2 aromatic carbocycles. The van der Waals surface area contributed by atoms with Gasteiger partial charge in [0.25, 0.3) is 0 Å². The number of carbonyl (C=O) groups excluding carboxylic acids is 1. The Balaban J connectivity index is 1.77. The topological polar surface area (TPSA) is 78.9 Å². The Morgan fingerprint density at radius 3 is 2.07 bits per heavy atom. The van der Waals surface area contributed by atoms with Gasteiger partial charge in [0.2, 0.25) is 5.91 Å². The number of aromatic nitrogens is 2. The lowest BCUT2D eigenvalue weighted by atomic mass is 10.1. The van der Waals surface area contributed by atoms with E-state index >= 15 is 0 Å². The maximum atomic E-state index is 11.1. The highest BCUT2D eigenvalue weighted by Crippen LogP contribution is 2.23. The van der Waals surface area contributed by atoms with Gasteiger partial charge in [-0.15, -0.1) is 0 Å². The normalized spacial score (nSPS) is 10.4. The molecule has 0 radical (unpaired) electrons. The molecule has 3 N–H and O–H groups in total. The van der Waals surface area contributed by atoms with Gasteiger partial charge in [-0.2, -0.15) is 0 Å². The van der Waals surface area contributed by atoms with Crippen molar-refractivity contribution in [2.45, 2.75) is 27.7 Å². The fourth-order valence-corrected chi connectivity index (χ4v) is 2.78. The second kappa shape index (κ2) is 7.86. The number of amides is 1. The molecule has 0 aliphatic heterocycles. The molecule has 0 unspecified atom stereocenters. The second-order valence-electron chi connectivity index (χ2n) is 6.51. The maximum Gasteiger partial charge on any atom is 0.221 e. The minimum Gasteiger partial charge on any atom is -0.340 e. The number of anilines is 5. The fraction of sp³-hybridized carbons (Fsp3) is 0.190. The minimum absolute atomic E-state index is 0.0933. The molecule has 3 rings (SSSR count). The zero-order chi connectivity index (χ0) is 19.4. The Morgan fingerprint density at radius 2 is 1.44 bits per heavy atom. The summed E-state index contributed by atoms with van der Waals surface area (Å²) in [6.07, 6.45) is 0. The van der Waals surface area contributed by atoms with Crippen molar-refractivity contribution in [3.8, 4) is 0 Å². The van der Waals surface area contributed by atoms with Crippen molar-refractivity contribution in [2.24, 2.45) is 0 Å². The molecule has 1 amide bonds. The first kappa shape index (κ1) is 18.4. The molecule has 6 nitrogen and oxygen atoms in total. The van der Waals surface area contributed by atoms with Crippen LogP contribution in [-0.4, -0.2) is 15.9 Å². The molecular weight excluding hydrogens is 338 g/mol. The molecule has 0 atom stereocenters. The average Bonchev–Trinajstić information content (AvgIpc) is 2.58. The van der Waals surface area contributed by atoms with Crippen LogP contribution < -0.4 is 16.0 Å². The molecule has 0 bridgehead atoms. The van der Waals surface area contributed by atoms with Crippen LogP contribution in [0.3, 0.4) is 0 Å². The molecule has 0 spiro atoms.